The van der Waals surface area contributed by atoms with Crippen molar-refractivity contribution in [2.75, 3.05) is 17.3 Å². The van der Waals surface area contributed by atoms with Crippen molar-refractivity contribution in [2.45, 2.75) is 33.1 Å². The van der Waals surface area contributed by atoms with Crippen LogP contribution in [0.15, 0.2) is 83.3 Å². The van der Waals surface area contributed by atoms with Crippen molar-refractivity contribution in [1.82, 2.24) is 4.98 Å². The van der Waals surface area contributed by atoms with Gasteiger partial charge in [0.1, 0.15) is 0 Å². The molecule has 1 heterocycles. The lowest BCUT2D eigenvalue weighted by molar-refractivity contribution is -0.114. The van der Waals surface area contributed by atoms with E-state index in [2.05, 4.69) is 43.2 Å². The maximum Gasteiger partial charge on any atom is 0.280 e. The average molecular weight is 468 g/mol. The summed E-state index contributed by atoms with van der Waals surface area (Å²) in [6.07, 6.45) is 0. The minimum Gasteiger partial charge on any atom is -0.435 e. The molecule has 1 N–H and O–H groups in total. The SMILES string of the molecule is CC(=O)Nc1ccc(-c2oc(-c3ccc(C(C)(C)C)cc3)nc2C(=O)N(C)c2ccccc2)cc1. The summed E-state index contributed by atoms with van der Waals surface area (Å²) in [6, 6.07) is 24.6. The summed E-state index contributed by atoms with van der Waals surface area (Å²) in [7, 11) is 1.72. The van der Waals surface area contributed by atoms with Crippen LogP contribution in [0.25, 0.3) is 22.8 Å². The zero-order chi connectivity index (χ0) is 25.2. The van der Waals surface area contributed by atoms with Crippen LogP contribution in [0.3, 0.4) is 0 Å². The molecule has 35 heavy (non-hydrogen) atoms. The standard InChI is InChI=1S/C29H29N3O3/c1-19(33)30-23-17-13-20(14-18-23)26-25(28(34)32(5)24-9-7-6-8-10-24)31-27(35-26)21-11-15-22(16-12-21)29(2,3)4/h6-18H,1-5H3,(H,30,33). The predicted octanol–water partition coefficient (Wildman–Crippen LogP) is 6.54. The van der Waals surface area contributed by atoms with Crippen molar-refractivity contribution < 1.29 is 14.0 Å². The molecule has 0 unspecified atom stereocenters. The monoisotopic (exact) mass is 467 g/mol. The Kier molecular flexibility index (Phi) is 6.56. The number of anilines is 2. The van der Waals surface area contributed by atoms with Crippen LogP contribution in [-0.4, -0.2) is 23.8 Å². The van der Waals surface area contributed by atoms with E-state index in [1.807, 2.05) is 42.5 Å². The molecule has 4 aromatic rings. The third-order valence-corrected chi connectivity index (χ3v) is 5.74. The Bertz CT molecular complexity index is 1330. The van der Waals surface area contributed by atoms with Crippen molar-refractivity contribution in [3.63, 3.8) is 0 Å². The Labute approximate surface area is 205 Å². The minimum atomic E-state index is -0.279. The molecule has 0 aliphatic rings. The van der Waals surface area contributed by atoms with Crippen LogP contribution in [0.5, 0.6) is 0 Å². The second-order valence-corrected chi connectivity index (χ2v) is 9.48. The van der Waals surface area contributed by atoms with E-state index in [0.29, 0.717) is 22.9 Å². The van der Waals surface area contributed by atoms with Crippen molar-refractivity contribution in [3.05, 3.63) is 90.1 Å². The summed E-state index contributed by atoms with van der Waals surface area (Å²) in [5, 5.41) is 2.75. The highest BCUT2D eigenvalue weighted by Gasteiger charge is 2.26. The fraction of sp³-hybridized carbons (Fsp3) is 0.207. The third-order valence-electron chi connectivity index (χ3n) is 5.74. The van der Waals surface area contributed by atoms with Gasteiger partial charge in [-0.15, -0.1) is 0 Å². The van der Waals surface area contributed by atoms with Gasteiger partial charge < -0.3 is 14.6 Å². The number of oxazole rings is 1. The number of benzene rings is 3. The first-order valence-electron chi connectivity index (χ1n) is 11.5. The molecule has 0 radical (unpaired) electrons. The minimum absolute atomic E-state index is 0.0233. The lowest BCUT2D eigenvalue weighted by Crippen LogP contribution is -2.27. The number of carbonyl (C=O) groups excluding carboxylic acids is 2. The molecule has 0 fully saturated rings. The zero-order valence-corrected chi connectivity index (χ0v) is 20.6. The molecule has 0 saturated heterocycles. The molecular formula is C29H29N3O3. The van der Waals surface area contributed by atoms with Crippen LogP contribution in [0.2, 0.25) is 0 Å². The quantitative estimate of drug-likeness (QED) is 0.361. The van der Waals surface area contributed by atoms with Crippen LogP contribution in [0.1, 0.15) is 43.7 Å². The lowest BCUT2D eigenvalue weighted by atomic mass is 9.87. The first kappa shape index (κ1) is 24.0. The molecule has 3 aromatic carbocycles. The molecular weight excluding hydrogens is 438 g/mol. The van der Waals surface area contributed by atoms with Crippen molar-refractivity contribution >= 4 is 23.2 Å². The smallest absolute Gasteiger partial charge is 0.280 e. The first-order valence-corrected chi connectivity index (χ1v) is 11.5. The number of aromatic nitrogens is 1. The van der Waals surface area contributed by atoms with Gasteiger partial charge in [-0.1, -0.05) is 51.1 Å². The molecule has 0 saturated carbocycles. The molecule has 0 bridgehead atoms. The number of amides is 2. The Hall–Kier alpha value is -4.19. The van der Waals surface area contributed by atoms with Gasteiger partial charge in [0.2, 0.25) is 11.8 Å². The van der Waals surface area contributed by atoms with Crippen LogP contribution in [0.4, 0.5) is 11.4 Å². The summed E-state index contributed by atoms with van der Waals surface area (Å²) in [5.74, 6) is 0.315. The van der Waals surface area contributed by atoms with Crippen LogP contribution in [-0.2, 0) is 10.2 Å². The molecule has 1 aromatic heterocycles. The second kappa shape index (κ2) is 9.58. The van der Waals surface area contributed by atoms with Crippen LogP contribution in [0, 0.1) is 0 Å². The van der Waals surface area contributed by atoms with E-state index >= 15 is 0 Å². The highest BCUT2D eigenvalue weighted by atomic mass is 16.4. The van der Waals surface area contributed by atoms with E-state index in [4.69, 9.17) is 4.42 Å². The fourth-order valence-electron chi connectivity index (χ4n) is 3.73. The van der Waals surface area contributed by atoms with Gasteiger partial charge in [-0.25, -0.2) is 4.98 Å². The predicted molar refractivity (Wildman–Crippen MR) is 140 cm³/mol. The number of rotatable bonds is 5. The summed E-state index contributed by atoms with van der Waals surface area (Å²) in [6.45, 7) is 7.93. The normalized spacial score (nSPS) is 11.2. The fourth-order valence-corrected chi connectivity index (χ4v) is 3.73. The highest BCUT2D eigenvalue weighted by molar-refractivity contribution is 6.08. The molecule has 6 heteroatoms. The number of para-hydroxylation sites is 1. The van der Waals surface area contributed by atoms with Crippen LogP contribution < -0.4 is 10.2 Å². The number of hydrogen-bond donors (Lipinski definition) is 1. The Morgan fingerprint density at radius 3 is 2.03 bits per heavy atom. The molecule has 178 valence electrons. The summed E-state index contributed by atoms with van der Waals surface area (Å²) in [5.41, 5.74) is 4.33. The van der Waals surface area contributed by atoms with Gasteiger partial charge >= 0.3 is 0 Å². The second-order valence-electron chi connectivity index (χ2n) is 9.48. The van der Waals surface area contributed by atoms with E-state index in [0.717, 1.165) is 11.3 Å². The number of carbonyl (C=O) groups is 2. The maximum absolute atomic E-state index is 13.5. The molecule has 2 amide bonds. The maximum atomic E-state index is 13.5. The Balaban J connectivity index is 1.77. The van der Waals surface area contributed by atoms with Gasteiger partial charge in [0.05, 0.1) is 0 Å². The lowest BCUT2D eigenvalue weighted by Gasteiger charge is -2.18. The number of hydrogen-bond acceptors (Lipinski definition) is 4. The van der Waals surface area contributed by atoms with E-state index in [1.54, 1.807) is 36.2 Å². The number of nitrogens with zero attached hydrogens (tertiary/aromatic N) is 2. The summed E-state index contributed by atoms with van der Waals surface area (Å²) >= 11 is 0. The zero-order valence-electron chi connectivity index (χ0n) is 20.6. The van der Waals surface area contributed by atoms with Gasteiger partial charge in [0.15, 0.2) is 11.5 Å². The van der Waals surface area contributed by atoms with Crippen LogP contribution >= 0.6 is 0 Å². The number of nitrogens with one attached hydrogen (secondary N) is 1. The van der Waals surface area contributed by atoms with Gasteiger partial charge in [0.25, 0.3) is 5.91 Å². The molecule has 0 atom stereocenters. The molecule has 4 rings (SSSR count). The van der Waals surface area contributed by atoms with Gasteiger partial charge in [-0.3, -0.25) is 9.59 Å². The van der Waals surface area contributed by atoms with E-state index in [1.165, 1.54) is 12.5 Å². The Morgan fingerprint density at radius 1 is 0.857 bits per heavy atom. The van der Waals surface area contributed by atoms with Crippen molar-refractivity contribution in [3.8, 4) is 22.8 Å². The van der Waals surface area contributed by atoms with E-state index in [9.17, 15) is 9.59 Å². The molecule has 6 nitrogen and oxygen atoms in total. The van der Waals surface area contributed by atoms with E-state index < -0.39 is 0 Å². The largest absolute Gasteiger partial charge is 0.435 e. The molecule has 0 spiro atoms. The van der Waals surface area contributed by atoms with E-state index in [-0.39, 0.29) is 22.9 Å². The van der Waals surface area contributed by atoms with Crippen molar-refractivity contribution in [2.24, 2.45) is 0 Å². The van der Waals surface area contributed by atoms with Gasteiger partial charge in [0, 0.05) is 36.5 Å². The van der Waals surface area contributed by atoms with Crippen molar-refractivity contribution in [1.29, 1.82) is 0 Å². The summed E-state index contributed by atoms with van der Waals surface area (Å²) in [4.78, 5) is 31.1. The Morgan fingerprint density at radius 2 is 1.46 bits per heavy atom. The molecule has 0 aliphatic carbocycles. The molecule has 0 aliphatic heterocycles. The van der Waals surface area contributed by atoms with Gasteiger partial charge in [-0.05, 0) is 59.5 Å². The highest BCUT2D eigenvalue weighted by Crippen LogP contribution is 2.33. The summed E-state index contributed by atoms with van der Waals surface area (Å²) < 4.78 is 6.19. The topological polar surface area (TPSA) is 75.4 Å². The van der Waals surface area contributed by atoms with Gasteiger partial charge in [-0.2, -0.15) is 0 Å². The first-order chi connectivity index (χ1) is 16.6. The average Bonchev–Trinajstić information content (AvgIpc) is 3.29. The third kappa shape index (κ3) is 5.32.